The van der Waals surface area contributed by atoms with Gasteiger partial charge in [0.15, 0.2) is 0 Å². The molecule has 1 amide bonds. The topological polar surface area (TPSA) is 53.4 Å². The van der Waals surface area contributed by atoms with E-state index < -0.39 is 6.10 Å². The van der Waals surface area contributed by atoms with Crippen molar-refractivity contribution in [2.24, 2.45) is 5.92 Å². The van der Waals surface area contributed by atoms with Crippen LogP contribution >= 0.6 is 0 Å². The van der Waals surface area contributed by atoms with Crippen LogP contribution in [-0.4, -0.2) is 40.6 Å². The van der Waals surface area contributed by atoms with Crippen LogP contribution in [0.5, 0.6) is 0 Å². The first-order valence-electron chi connectivity index (χ1n) is 8.46. The molecule has 1 atom stereocenters. The number of aliphatic hydroxyl groups excluding tert-OH is 1. The first kappa shape index (κ1) is 14.6. The third-order valence-corrected chi connectivity index (χ3v) is 4.94. The number of fused-ring (bicyclic) bond motifs is 1. The summed E-state index contributed by atoms with van der Waals surface area (Å²) in [6.45, 7) is 0.402. The molecule has 2 aliphatic carbocycles. The Morgan fingerprint density at radius 2 is 2.04 bits per heavy atom. The van der Waals surface area contributed by atoms with Crippen molar-refractivity contribution < 1.29 is 9.90 Å². The second-order valence-corrected chi connectivity index (χ2v) is 6.98. The zero-order chi connectivity index (χ0) is 16.0. The summed E-state index contributed by atoms with van der Waals surface area (Å²) in [5.74, 6) is 0.861. The Morgan fingerprint density at radius 3 is 2.74 bits per heavy atom. The Hall–Kier alpha value is -1.94. The normalized spacial score (nSPS) is 18.9. The smallest absolute Gasteiger partial charge is 0.254 e. The number of likely N-dealkylation sites (N-methyl/N-ethyl adjacent to an activating group) is 1. The van der Waals surface area contributed by atoms with Crippen molar-refractivity contribution in [1.82, 2.24) is 9.88 Å². The molecule has 0 aliphatic heterocycles. The first-order chi connectivity index (χ1) is 11.1. The molecule has 0 saturated heterocycles. The van der Waals surface area contributed by atoms with E-state index in [1.165, 1.54) is 0 Å². The van der Waals surface area contributed by atoms with E-state index in [2.05, 4.69) is 0 Å². The van der Waals surface area contributed by atoms with Gasteiger partial charge in [-0.25, -0.2) is 0 Å². The van der Waals surface area contributed by atoms with E-state index in [-0.39, 0.29) is 5.91 Å². The zero-order valence-corrected chi connectivity index (χ0v) is 13.4. The molecule has 1 aromatic carbocycles. The fourth-order valence-corrected chi connectivity index (χ4v) is 3.16. The Kier molecular flexibility index (Phi) is 3.57. The highest BCUT2D eigenvalue weighted by Gasteiger charge is 2.32. The van der Waals surface area contributed by atoms with Gasteiger partial charge in [0.05, 0.1) is 17.2 Å². The van der Waals surface area contributed by atoms with E-state index in [1.54, 1.807) is 11.9 Å². The van der Waals surface area contributed by atoms with Crippen LogP contribution in [0.4, 0.5) is 0 Å². The molecule has 120 valence electrons. The van der Waals surface area contributed by atoms with Gasteiger partial charge in [-0.05, 0) is 43.7 Å². The Balaban J connectivity index is 1.66. The molecule has 1 N–H and O–H groups in total. The van der Waals surface area contributed by atoms with Crippen molar-refractivity contribution in [1.29, 1.82) is 0 Å². The Morgan fingerprint density at radius 1 is 1.30 bits per heavy atom. The quantitative estimate of drug-likeness (QED) is 0.924. The number of carbonyl (C=O) groups excluding carboxylic acids is 1. The van der Waals surface area contributed by atoms with Crippen LogP contribution in [0.3, 0.4) is 0 Å². The largest absolute Gasteiger partial charge is 0.391 e. The zero-order valence-electron chi connectivity index (χ0n) is 13.4. The highest BCUT2D eigenvalue weighted by molar-refractivity contribution is 6.06. The highest BCUT2D eigenvalue weighted by atomic mass is 16.3. The second-order valence-electron chi connectivity index (χ2n) is 6.98. The van der Waals surface area contributed by atoms with Crippen LogP contribution in [0.15, 0.2) is 30.3 Å². The lowest BCUT2D eigenvalue weighted by Crippen LogP contribution is -2.35. The lowest BCUT2D eigenvalue weighted by atomic mass is 10.0. The maximum absolute atomic E-state index is 12.9. The van der Waals surface area contributed by atoms with Crippen LogP contribution in [0.1, 0.15) is 47.7 Å². The summed E-state index contributed by atoms with van der Waals surface area (Å²) in [5.41, 5.74) is 2.63. The van der Waals surface area contributed by atoms with Gasteiger partial charge in [-0.1, -0.05) is 18.2 Å². The average Bonchev–Trinajstić information content (AvgIpc) is 3.44. The number of aliphatic hydroxyl groups is 1. The summed E-state index contributed by atoms with van der Waals surface area (Å²) >= 11 is 0. The van der Waals surface area contributed by atoms with Crippen LogP contribution < -0.4 is 0 Å². The van der Waals surface area contributed by atoms with Gasteiger partial charge in [0, 0.05) is 30.6 Å². The predicted molar refractivity (Wildman–Crippen MR) is 89.4 cm³/mol. The van der Waals surface area contributed by atoms with Crippen LogP contribution in [0.25, 0.3) is 10.9 Å². The third-order valence-electron chi connectivity index (χ3n) is 4.94. The fourth-order valence-electron chi connectivity index (χ4n) is 3.16. The van der Waals surface area contributed by atoms with Gasteiger partial charge in [-0.3, -0.25) is 9.78 Å². The molecule has 1 unspecified atom stereocenters. The van der Waals surface area contributed by atoms with Gasteiger partial charge in [-0.15, -0.1) is 0 Å². The van der Waals surface area contributed by atoms with Crippen LogP contribution in [-0.2, 0) is 0 Å². The van der Waals surface area contributed by atoms with Crippen molar-refractivity contribution >= 4 is 16.8 Å². The Labute approximate surface area is 136 Å². The number of nitrogens with zero attached hydrogens (tertiary/aromatic N) is 2. The molecule has 4 heteroatoms. The number of hydrogen-bond donors (Lipinski definition) is 1. The van der Waals surface area contributed by atoms with Gasteiger partial charge in [0.1, 0.15) is 0 Å². The number of amides is 1. The first-order valence-corrected chi connectivity index (χ1v) is 8.46. The predicted octanol–water partition coefficient (Wildman–Crippen LogP) is 2.96. The molecule has 1 aromatic heterocycles. The minimum atomic E-state index is -0.403. The standard InChI is InChI=1S/C19H22N2O2/c1-21(11-18(22)13-8-9-13)19(23)15-10-17(12-6-7-12)20-16-5-3-2-4-14(15)16/h2-5,10,12-13,18,22H,6-9,11H2,1H3. The summed E-state index contributed by atoms with van der Waals surface area (Å²) in [6.07, 6.45) is 4.07. The molecule has 1 heterocycles. The van der Waals surface area contributed by atoms with E-state index in [1.807, 2.05) is 30.3 Å². The summed E-state index contributed by atoms with van der Waals surface area (Å²) in [6, 6.07) is 9.79. The molecule has 0 radical (unpaired) electrons. The Bertz CT molecular complexity index is 750. The van der Waals surface area contributed by atoms with Crippen molar-refractivity contribution in [2.75, 3.05) is 13.6 Å². The number of pyridine rings is 1. The number of aromatic nitrogens is 1. The summed E-state index contributed by atoms with van der Waals surface area (Å²) in [4.78, 5) is 19.3. The number of carbonyl (C=O) groups is 1. The van der Waals surface area contributed by atoms with Crippen molar-refractivity contribution in [3.05, 3.63) is 41.6 Å². The highest BCUT2D eigenvalue weighted by Crippen LogP contribution is 2.40. The molecular formula is C19H22N2O2. The van der Waals surface area contributed by atoms with E-state index >= 15 is 0 Å². The van der Waals surface area contributed by atoms with Gasteiger partial charge in [0.2, 0.25) is 0 Å². The lowest BCUT2D eigenvalue weighted by Gasteiger charge is -2.22. The van der Waals surface area contributed by atoms with E-state index in [0.717, 1.165) is 42.3 Å². The average molecular weight is 310 g/mol. The molecule has 23 heavy (non-hydrogen) atoms. The van der Waals surface area contributed by atoms with Crippen molar-refractivity contribution in [3.63, 3.8) is 0 Å². The molecular weight excluding hydrogens is 288 g/mol. The lowest BCUT2D eigenvalue weighted by molar-refractivity contribution is 0.0647. The SMILES string of the molecule is CN(CC(O)C1CC1)C(=O)c1cc(C2CC2)nc2ccccc12. The summed E-state index contributed by atoms with van der Waals surface area (Å²) in [5, 5.41) is 11.0. The van der Waals surface area contributed by atoms with E-state index in [9.17, 15) is 9.90 Å². The van der Waals surface area contributed by atoms with Crippen molar-refractivity contribution in [3.8, 4) is 0 Å². The molecule has 2 aromatic rings. The van der Waals surface area contributed by atoms with Gasteiger partial charge in [-0.2, -0.15) is 0 Å². The number of para-hydroxylation sites is 1. The van der Waals surface area contributed by atoms with Gasteiger partial charge < -0.3 is 10.0 Å². The maximum atomic E-state index is 12.9. The molecule has 0 spiro atoms. The van der Waals surface area contributed by atoms with Crippen molar-refractivity contribution in [2.45, 2.75) is 37.7 Å². The van der Waals surface area contributed by atoms with E-state index in [0.29, 0.717) is 23.9 Å². The summed E-state index contributed by atoms with van der Waals surface area (Å²) in [7, 11) is 1.78. The number of hydrogen-bond acceptors (Lipinski definition) is 3. The monoisotopic (exact) mass is 310 g/mol. The summed E-state index contributed by atoms with van der Waals surface area (Å²) < 4.78 is 0. The third kappa shape index (κ3) is 2.95. The minimum absolute atomic E-state index is 0.0230. The molecule has 2 aliphatic rings. The molecule has 2 fully saturated rings. The maximum Gasteiger partial charge on any atom is 0.254 e. The number of rotatable bonds is 5. The minimum Gasteiger partial charge on any atom is -0.391 e. The molecule has 2 saturated carbocycles. The molecule has 4 nitrogen and oxygen atoms in total. The number of benzene rings is 1. The van der Waals surface area contributed by atoms with Gasteiger partial charge in [0.25, 0.3) is 5.91 Å². The second kappa shape index (κ2) is 5.60. The van der Waals surface area contributed by atoms with E-state index in [4.69, 9.17) is 4.98 Å². The molecule has 4 rings (SSSR count). The van der Waals surface area contributed by atoms with Crippen LogP contribution in [0.2, 0.25) is 0 Å². The van der Waals surface area contributed by atoms with Gasteiger partial charge >= 0.3 is 0 Å². The van der Waals surface area contributed by atoms with Crippen LogP contribution in [0, 0.1) is 5.92 Å². The molecule has 0 bridgehead atoms. The fraction of sp³-hybridized carbons (Fsp3) is 0.474.